The van der Waals surface area contributed by atoms with Crippen molar-refractivity contribution in [2.24, 2.45) is 0 Å². The van der Waals surface area contributed by atoms with Gasteiger partial charge in [-0.25, -0.2) is 4.79 Å². The van der Waals surface area contributed by atoms with Crippen molar-refractivity contribution in [3.63, 3.8) is 0 Å². The molecule has 6 heteroatoms. The van der Waals surface area contributed by atoms with E-state index in [1.165, 1.54) is 0 Å². The molecule has 0 amide bonds. The number of carbonyl (C=O) groups excluding carboxylic acids is 2. The lowest BCUT2D eigenvalue weighted by Gasteiger charge is -2.37. The first-order valence-corrected chi connectivity index (χ1v) is 11.2. The Morgan fingerprint density at radius 2 is 1.88 bits per heavy atom. The van der Waals surface area contributed by atoms with Crippen molar-refractivity contribution in [2.75, 3.05) is 7.11 Å². The summed E-state index contributed by atoms with van der Waals surface area (Å²) < 4.78 is 11.1. The Bertz CT molecular complexity index is 1160. The minimum atomic E-state index is -0.606. The number of methoxy groups -OCH3 is 1. The third-order valence-electron chi connectivity index (χ3n) is 6.17. The SMILES string of the molecule is COc1ccccc1[C@H]1CC(=O)C2=C(C1)NC(C)=C(C(=O)OC(C)C)[C@@H]2c1cccc(O)c1. The summed E-state index contributed by atoms with van der Waals surface area (Å²) in [6.45, 7) is 5.41. The summed E-state index contributed by atoms with van der Waals surface area (Å²) in [7, 11) is 1.63. The van der Waals surface area contributed by atoms with E-state index in [1.807, 2.05) is 37.3 Å². The van der Waals surface area contributed by atoms with Crippen molar-refractivity contribution in [3.05, 3.63) is 82.2 Å². The fourth-order valence-corrected chi connectivity index (χ4v) is 4.85. The molecular formula is C27H29NO5. The molecule has 0 saturated carbocycles. The Morgan fingerprint density at radius 3 is 2.58 bits per heavy atom. The molecule has 0 bridgehead atoms. The van der Waals surface area contributed by atoms with Crippen LogP contribution >= 0.6 is 0 Å². The standard InChI is InChI=1S/C27H29NO5/c1-15(2)33-27(31)24-16(3)28-21-13-18(20-10-5-6-11-23(20)32-4)14-22(30)26(21)25(24)17-8-7-9-19(29)12-17/h5-12,15,18,25,28-29H,13-14H2,1-4H3/t18-,25+/m1/s1. The maximum Gasteiger partial charge on any atom is 0.337 e. The van der Waals surface area contributed by atoms with Gasteiger partial charge >= 0.3 is 5.97 Å². The largest absolute Gasteiger partial charge is 0.508 e. The second-order valence-corrected chi connectivity index (χ2v) is 8.81. The van der Waals surface area contributed by atoms with Gasteiger partial charge in [-0.2, -0.15) is 0 Å². The molecule has 33 heavy (non-hydrogen) atoms. The van der Waals surface area contributed by atoms with Gasteiger partial charge in [0.1, 0.15) is 11.5 Å². The maximum absolute atomic E-state index is 13.6. The number of ketones is 1. The van der Waals surface area contributed by atoms with Crippen molar-refractivity contribution in [1.82, 2.24) is 5.32 Å². The van der Waals surface area contributed by atoms with Gasteiger partial charge in [0, 0.05) is 35.2 Å². The van der Waals surface area contributed by atoms with E-state index in [1.54, 1.807) is 39.2 Å². The highest BCUT2D eigenvalue weighted by molar-refractivity contribution is 6.04. The third kappa shape index (κ3) is 4.38. The van der Waals surface area contributed by atoms with Gasteiger partial charge in [0.25, 0.3) is 0 Å². The smallest absolute Gasteiger partial charge is 0.337 e. The monoisotopic (exact) mass is 447 g/mol. The Kier molecular flexibility index (Phi) is 6.27. The molecule has 2 aromatic carbocycles. The summed E-state index contributed by atoms with van der Waals surface area (Å²) in [5.41, 5.74) is 4.09. The zero-order chi connectivity index (χ0) is 23.7. The number of carbonyl (C=O) groups is 2. The van der Waals surface area contributed by atoms with Crippen LogP contribution in [-0.2, 0) is 14.3 Å². The number of aromatic hydroxyl groups is 1. The zero-order valence-corrected chi connectivity index (χ0v) is 19.3. The van der Waals surface area contributed by atoms with Crippen LogP contribution < -0.4 is 10.1 Å². The number of esters is 1. The summed E-state index contributed by atoms with van der Waals surface area (Å²) in [4.78, 5) is 26.7. The fourth-order valence-electron chi connectivity index (χ4n) is 4.85. The normalized spacial score (nSPS) is 20.5. The topological polar surface area (TPSA) is 84.9 Å². The number of Topliss-reactive ketones (excluding diaryl/α,β-unsaturated/α-hetero) is 1. The second kappa shape index (κ2) is 9.14. The molecule has 2 N–H and O–H groups in total. The number of para-hydroxylation sites is 1. The van der Waals surface area contributed by atoms with Crippen LogP contribution in [0.25, 0.3) is 0 Å². The number of phenolic OH excluding ortho intramolecular Hbond substituents is 1. The molecule has 172 valence electrons. The first-order chi connectivity index (χ1) is 15.8. The van der Waals surface area contributed by atoms with E-state index < -0.39 is 11.9 Å². The van der Waals surface area contributed by atoms with Gasteiger partial charge in [-0.3, -0.25) is 4.79 Å². The summed E-state index contributed by atoms with van der Waals surface area (Å²) in [6, 6.07) is 14.5. The average molecular weight is 448 g/mol. The molecule has 4 rings (SSSR count). The van der Waals surface area contributed by atoms with E-state index in [-0.39, 0.29) is 23.6 Å². The van der Waals surface area contributed by atoms with E-state index in [2.05, 4.69) is 5.32 Å². The molecule has 2 aliphatic rings. The number of hydrogen-bond donors (Lipinski definition) is 2. The molecule has 1 heterocycles. The molecule has 0 fully saturated rings. The first kappa shape index (κ1) is 22.6. The molecule has 0 aromatic heterocycles. The first-order valence-electron chi connectivity index (χ1n) is 11.2. The molecule has 2 atom stereocenters. The van der Waals surface area contributed by atoms with Crippen LogP contribution in [0.2, 0.25) is 0 Å². The zero-order valence-electron chi connectivity index (χ0n) is 19.3. The number of phenols is 1. The van der Waals surface area contributed by atoms with Gasteiger partial charge in [0.2, 0.25) is 0 Å². The van der Waals surface area contributed by atoms with E-state index in [9.17, 15) is 14.7 Å². The number of benzene rings is 2. The Morgan fingerprint density at radius 1 is 1.12 bits per heavy atom. The van der Waals surface area contributed by atoms with Gasteiger partial charge in [-0.15, -0.1) is 0 Å². The molecule has 0 spiro atoms. The lowest BCUT2D eigenvalue weighted by atomic mass is 9.71. The number of ether oxygens (including phenoxy) is 2. The lowest BCUT2D eigenvalue weighted by molar-refractivity contribution is -0.143. The van der Waals surface area contributed by atoms with Crippen molar-refractivity contribution >= 4 is 11.8 Å². The Labute approximate surface area is 193 Å². The molecule has 2 aromatic rings. The minimum absolute atomic E-state index is 0.0321. The fraction of sp³-hybridized carbons (Fsp3) is 0.333. The van der Waals surface area contributed by atoms with E-state index in [0.717, 1.165) is 17.0 Å². The van der Waals surface area contributed by atoms with Crippen LogP contribution in [0.15, 0.2) is 71.1 Å². The minimum Gasteiger partial charge on any atom is -0.508 e. The summed E-state index contributed by atoms with van der Waals surface area (Å²) >= 11 is 0. The number of rotatable bonds is 5. The van der Waals surface area contributed by atoms with Gasteiger partial charge in [-0.05, 0) is 56.5 Å². The molecule has 0 radical (unpaired) electrons. The van der Waals surface area contributed by atoms with Crippen LogP contribution in [0.3, 0.4) is 0 Å². The van der Waals surface area contributed by atoms with Crippen molar-refractivity contribution in [2.45, 2.75) is 51.6 Å². The number of hydrogen-bond acceptors (Lipinski definition) is 6. The second-order valence-electron chi connectivity index (χ2n) is 8.81. The van der Waals surface area contributed by atoms with E-state index in [4.69, 9.17) is 9.47 Å². The molecule has 0 unspecified atom stereocenters. The molecular weight excluding hydrogens is 418 g/mol. The quantitative estimate of drug-likeness (QED) is 0.646. The molecule has 6 nitrogen and oxygen atoms in total. The van der Waals surface area contributed by atoms with Crippen LogP contribution in [0.4, 0.5) is 0 Å². The van der Waals surface area contributed by atoms with Crippen molar-refractivity contribution in [3.8, 4) is 11.5 Å². The number of allylic oxidation sites excluding steroid dienone is 3. The van der Waals surface area contributed by atoms with Gasteiger partial charge < -0.3 is 19.9 Å². The highest BCUT2D eigenvalue weighted by atomic mass is 16.5. The maximum atomic E-state index is 13.6. The van der Waals surface area contributed by atoms with Crippen molar-refractivity contribution in [1.29, 1.82) is 0 Å². The Balaban J connectivity index is 1.81. The summed E-state index contributed by atoms with van der Waals surface area (Å²) in [5.74, 6) is -0.303. The van der Waals surface area contributed by atoms with Crippen LogP contribution in [0.5, 0.6) is 11.5 Å². The molecule has 0 saturated heterocycles. The highest BCUT2D eigenvalue weighted by Crippen LogP contribution is 2.47. The third-order valence-corrected chi connectivity index (χ3v) is 6.17. The van der Waals surface area contributed by atoms with Crippen molar-refractivity contribution < 1.29 is 24.2 Å². The van der Waals surface area contributed by atoms with Gasteiger partial charge in [0.05, 0.1) is 18.8 Å². The van der Waals surface area contributed by atoms with Gasteiger partial charge in [-0.1, -0.05) is 30.3 Å². The number of dihydropyridines is 1. The van der Waals surface area contributed by atoms with Crippen LogP contribution in [-0.4, -0.2) is 30.1 Å². The predicted molar refractivity (Wildman–Crippen MR) is 125 cm³/mol. The van der Waals surface area contributed by atoms with Gasteiger partial charge in [0.15, 0.2) is 5.78 Å². The average Bonchev–Trinajstić information content (AvgIpc) is 2.77. The molecule has 1 aliphatic heterocycles. The molecule has 1 aliphatic carbocycles. The highest BCUT2D eigenvalue weighted by Gasteiger charge is 2.42. The summed E-state index contributed by atoms with van der Waals surface area (Å²) in [6.07, 6.45) is 0.623. The van der Waals surface area contributed by atoms with Crippen LogP contribution in [0.1, 0.15) is 56.6 Å². The lowest BCUT2D eigenvalue weighted by Crippen LogP contribution is -2.36. The Hall–Kier alpha value is -3.54. The van der Waals surface area contributed by atoms with Crippen LogP contribution in [0, 0.1) is 0 Å². The summed E-state index contributed by atoms with van der Waals surface area (Å²) in [5, 5.41) is 13.5. The predicted octanol–water partition coefficient (Wildman–Crippen LogP) is 4.71. The van der Waals surface area contributed by atoms with E-state index in [0.29, 0.717) is 35.2 Å². The van der Waals surface area contributed by atoms with E-state index >= 15 is 0 Å². The number of nitrogens with one attached hydrogen (secondary N) is 1.